The van der Waals surface area contributed by atoms with Crippen molar-refractivity contribution in [1.82, 2.24) is 10.6 Å². The lowest BCUT2D eigenvalue weighted by Crippen LogP contribution is -2.33. The first-order valence-corrected chi connectivity index (χ1v) is 18.0. The Morgan fingerprint density at radius 2 is 1.51 bits per heavy atom. The number of hydrogen-bond acceptors (Lipinski definition) is 7. The van der Waals surface area contributed by atoms with E-state index in [1.165, 1.54) is 38.3 Å². The Morgan fingerprint density at radius 3 is 1.94 bits per heavy atom. The maximum atomic E-state index is 13.4. The number of anilines is 1. The summed E-state index contributed by atoms with van der Waals surface area (Å²) in [4.78, 5) is 31.1. The molecule has 7 heteroatoms. The first-order chi connectivity index (χ1) is 22.3. The van der Waals surface area contributed by atoms with Gasteiger partial charge < -0.3 is 20.3 Å². The second kappa shape index (κ2) is 23.2. The molecule has 4 rings (SSSR count). The van der Waals surface area contributed by atoms with E-state index >= 15 is 0 Å². The van der Waals surface area contributed by atoms with E-state index in [4.69, 9.17) is 9.73 Å². The number of hydrogen-bond donors (Lipinski definition) is 2. The summed E-state index contributed by atoms with van der Waals surface area (Å²) in [7, 11) is 1.93. The van der Waals surface area contributed by atoms with Crippen molar-refractivity contribution >= 4 is 28.8 Å². The maximum absolute atomic E-state index is 13.4. The summed E-state index contributed by atoms with van der Waals surface area (Å²) in [6, 6.07) is 8.66. The summed E-state index contributed by atoms with van der Waals surface area (Å²) in [5.41, 5.74) is 4.66. The van der Waals surface area contributed by atoms with Crippen molar-refractivity contribution in [3.8, 4) is 0 Å². The minimum Gasteiger partial charge on any atom is -0.460 e. The Bertz CT molecular complexity index is 1160. The predicted molar refractivity (Wildman–Crippen MR) is 204 cm³/mol. The highest BCUT2D eigenvalue weighted by Crippen LogP contribution is 2.39. The van der Waals surface area contributed by atoms with E-state index in [1.807, 2.05) is 68.5 Å². The summed E-state index contributed by atoms with van der Waals surface area (Å²) in [5, 5.41) is 6.08. The number of carbonyl (C=O) groups excluding carboxylic acids is 2. The normalized spacial score (nSPS) is 17.9. The van der Waals surface area contributed by atoms with Gasteiger partial charge in [0.1, 0.15) is 5.60 Å². The first kappa shape index (κ1) is 43.8. The smallest absolute Gasteiger partial charge is 0.303 e. The number of ether oxygens (including phenoxy) is 1. The summed E-state index contributed by atoms with van der Waals surface area (Å²) in [5.74, 6) is -0.0227. The fraction of sp³-hybridized carbons (Fsp3) is 0.625. The van der Waals surface area contributed by atoms with E-state index in [9.17, 15) is 9.59 Å². The third kappa shape index (κ3) is 15.5. The van der Waals surface area contributed by atoms with Gasteiger partial charge in [-0.2, -0.15) is 0 Å². The third-order valence-corrected chi connectivity index (χ3v) is 7.88. The molecule has 0 radical (unpaired) electrons. The van der Waals surface area contributed by atoms with Crippen LogP contribution in [0.3, 0.4) is 0 Å². The number of carbonyl (C=O) groups is 2. The number of allylic oxidation sites excluding steroid dienone is 2. The summed E-state index contributed by atoms with van der Waals surface area (Å²) in [6.07, 6.45) is 13.1. The van der Waals surface area contributed by atoms with Crippen LogP contribution in [-0.2, 0) is 14.3 Å². The van der Waals surface area contributed by atoms with E-state index in [-0.39, 0.29) is 22.8 Å². The standard InChI is InChI=1S/C27H35N3O.C6H12O2.C3H9N.2C2H6/c1-4-24(21-11-13-22(14-12-21)30-17-9-6-10-18-30)29-25-20(2)28-19-23(25)26(31)27(3)15-7-5-8-16-27;1-5(7)8-6(2,3)4;1-3-4-2;2*1-2/h4,11-14,19,28H,2,5-10,15-18H2,1,3H3;1-4H3;4H,3H2,1-2H3;2*1-2H3/b24-4-,29-25?;;;;. The molecule has 0 atom stereocenters. The van der Waals surface area contributed by atoms with Crippen LogP contribution in [0.2, 0.25) is 0 Å². The molecule has 1 saturated heterocycles. The third-order valence-electron chi connectivity index (χ3n) is 7.88. The van der Waals surface area contributed by atoms with E-state index in [0.29, 0.717) is 17.0 Å². The first-order valence-electron chi connectivity index (χ1n) is 18.0. The van der Waals surface area contributed by atoms with E-state index in [0.717, 1.165) is 56.6 Å². The molecule has 1 aliphatic carbocycles. The molecule has 0 spiro atoms. The van der Waals surface area contributed by atoms with Gasteiger partial charge in [0.2, 0.25) is 0 Å². The van der Waals surface area contributed by atoms with Gasteiger partial charge in [-0.1, -0.05) is 85.6 Å². The number of aliphatic imine (C=N–C) groups is 1. The van der Waals surface area contributed by atoms with Crippen LogP contribution in [0.5, 0.6) is 0 Å². The Hall–Kier alpha value is -3.19. The van der Waals surface area contributed by atoms with E-state index < -0.39 is 0 Å². The monoisotopic (exact) mass is 653 g/mol. The molecule has 2 aliphatic heterocycles. The average molecular weight is 653 g/mol. The van der Waals surface area contributed by atoms with Gasteiger partial charge in [-0.3, -0.25) is 9.59 Å². The van der Waals surface area contributed by atoms with Crippen LogP contribution in [0, 0.1) is 5.41 Å². The molecule has 1 saturated carbocycles. The minimum absolute atomic E-state index is 0.202. The molecule has 1 aromatic rings. The summed E-state index contributed by atoms with van der Waals surface area (Å²) < 4.78 is 4.80. The van der Waals surface area contributed by atoms with Crippen LogP contribution in [-0.4, -0.2) is 49.7 Å². The van der Waals surface area contributed by atoms with Gasteiger partial charge in [-0.25, -0.2) is 4.99 Å². The lowest BCUT2D eigenvalue weighted by atomic mass is 9.70. The molecule has 0 unspecified atom stereocenters. The van der Waals surface area contributed by atoms with Crippen molar-refractivity contribution in [2.45, 2.75) is 133 Å². The Morgan fingerprint density at radius 1 is 1.00 bits per heavy atom. The quantitative estimate of drug-likeness (QED) is 0.298. The molecule has 0 amide bonds. The topological polar surface area (TPSA) is 83.0 Å². The van der Waals surface area contributed by atoms with Gasteiger partial charge in [0.15, 0.2) is 5.78 Å². The molecular weight excluding hydrogens is 584 g/mol. The van der Waals surface area contributed by atoms with Gasteiger partial charge in [0, 0.05) is 37.3 Å². The lowest BCUT2D eigenvalue weighted by Gasteiger charge is -2.32. The molecule has 3 aliphatic rings. The average Bonchev–Trinajstić information content (AvgIpc) is 3.44. The van der Waals surface area contributed by atoms with Gasteiger partial charge in [0.25, 0.3) is 0 Å². The highest BCUT2D eigenvalue weighted by atomic mass is 16.6. The number of nitrogens with zero attached hydrogens (tertiary/aromatic N) is 2. The number of Topliss-reactive ketones (excluding diaryl/α,β-unsaturated/α-hetero) is 1. The molecule has 2 heterocycles. The molecule has 2 N–H and O–H groups in total. The van der Waals surface area contributed by atoms with Crippen LogP contribution >= 0.6 is 0 Å². The van der Waals surface area contributed by atoms with Gasteiger partial charge in [-0.15, -0.1) is 0 Å². The zero-order valence-electron chi connectivity index (χ0n) is 32.1. The minimum atomic E-state index is -0.328. The molecule has 0 bridgehead atoms. The van der Waals surface area contributed by atoms with Crippen molar-refractivity contribution in [3.05, 3.63) is 60.0 Å². The lowest BCUT2D eigenvalue weighted by molar-refractivity contribution is -0.151. The zero-order chi connectivity index (χ0) is 36.0. The summed E-state index contributed by atoms with van der Waals surface area (Å²) >= 11 is 0. The van der Waals surface area contributed by atoms with Crippen molar-refractivity contribution in [2.75, 3.05) is 31.6 Å². The Labute approximate surface area is 288 Å². The van der Waals surface area contributed by atoms with Crippen molar-refractivity contribution in [3.63, 3.8) is 0 Å². The maximum Gasteiger partial charge on any atom is 0.303 e. The number of rotatable bonds is 6. The predicted octanol–water partition coefficient (Wildman–Crippen LogP) is 9.65. The molecule has 266 valence electrons. The fourth-order valence-electron chi connectivity index (χ4n) is 5.49. The van der Waals surface area contributed by atoms with Crippen molar-refractivity contribution < 1.29 is 14.3 Å². The Balaban J connectivity index is 0.00000111. The molecule has 47 heavy (non-hydrogen) atoms. The SMILES string of the molecule is C=C1NC=C(C(=O)C2(C)CCCCC2)C1=N/C(=C\C)c1ccc(N2CCCCC2)cc1.CC.CC.CC(=O)OC(C)(C)C.CCNC. The molecule has 2 fully saturated rings. The largest absolute Gasteiger partial charge is 0.460 e. The summed E-state index contributed by atoms with van der Waals surface area (Å²) in [6.45, 7) is 28.6. The van der Waals surface area contributed by atoms with E-state index in [1.54, 1.807) is 6.20 Å². The highest BCUT2D eigenvalue weighted by Gasteiger charge is 2.39. The number of piperidine rings is 1. The highest BCUT2D eigenvalue weighted by molar-refractivity contribution is 6.31. The molecule has 1 aromatic carbocycles. The van der Waals surface area contributed by atoms with Crippen LogP contribution in [0.1, 0.15) is 133 Å². The zero-order valence-corrected chi connectivity index (χ0v) is 32.1. The fourth-order valence-corrected chi connectivity index (χ4v) is 5.49. The number of ketones is 1. The van der Waals surface area contributed by atoms with Gasteiger partial charge in [-0.05, 0) is 91.1 Å². The molecule has 7 nitrogen and oxygen atoms in total. The molecule has 0 aromatic heterocycles. The van der Waals surface area contributed by atoms with E-state index in [2.05, 4.69) is 60.2 Å². The second-order valence-electron chi connectivity index (χ2n) is 12.8. The Kier molecular flexibility index (Phi) is 21.6. The van der Waals surface area contributed by atoms with Crippen LogP contribution in [0.25, 0.3) is 5.70 Å². The number of nitrogens with one attached hydrogen (secondary N) is 2. The molecular formula is C40H68N4O3. The van der Waals surface area contributed by atoms with Crippen molar-refractivity contribution in [2.24, 2.45) is 10.4 Å². The van der Waals surface area contributed by atoms with Crippen LogP contribution in [0.15, 0.2) is 59.4 Å². The number of esters is 1. The number of benzene rings is 1. The second-order valence-corrected chi connectivity index (χ2v) is 12.8. The van der Waals surface area contributed by atoms with Gasteiger partial charge in [0.05, 0.1) is 22.7 Å². The van der Waals surface area contributed by atoms with Crippen LogP contribution < -0.4 is 15.5 Å². The van der Waals surface area contributed by atoms with Gasteiger partial charge >= 0.3 is 5.97 Å². The van der Waals surface area contributed by atoms with Crippen LogP contribution in [0.4, 0.5) is 5.69 Å². The van der Waals surface area contributed by atoms with Crippen molar-refractivity contribution in [1.29, 1.82) is 0 Å².